The first-order valence-corrected chi connectivity index (χ1v) is 8.81. The van der Waals surface area contributed by atoms with Crippen molar-refractivity contribution in [3.05, 3.63) is 35.9 Å². The zero-order valence-corrected chi connectivity index (χ0v) is 13.2. The van der Waals surface area contributed by atoms with E-state index in [2.05, 4.69) is 5.32 Å². The SMILES string of the molecule is O=C(N[C@@H](Cc1ccccc1)C(=O)O)[C@H]1CC[C@@H](S(=O)(=O)O)C1. The summed E-state index contributed by atoms with van der Waals surface area (Å²) in [4.78, 5) is 23.5. The summed E-state index contributed by atoms with van der Waals surface area (Å²) in [6.07, 6.45) is 0.681. The Labute approximate surface area is 134 Å². The van der Waals surface area contributed by atoms with E-state index in [1.165, 1.54) is 0 Å². The van der Waals surface area contributed by atoms with Crippen LogP contribution in [-0.2, 0) is 26.1 Å². The highest BCUT2D eigenvalue weighted by Crippen LogP contribution is 2.30. The van der Waals surface area contributed by atoms with Gasteiger partial charge in [0.1, 0.15) is 6.04 Å². The Hall–Kier alpha value is -1.93. The van der Waals surface area contributed by atoms with Crippen molar-refractivity contribution in [3.63, 3.8) is 0 Å². The molecular formula is C15H19NO6S. The molecule has 1 saturated carbocycles. The Balaban J connectivity index is 1.98. The standard InChI is InChI=1S/C15H19NO6S/c17-14(11-6-7-12(9-11)23(20,21)22)16-13(15(18)19)8-10-4-2-1-3-5-10/h1-5,11-13H,6-9H2,(H,16,17)(H,18,19)(H,20,21,22)/t11-,12+,13-/m0/s1. The number of hydrogen-bond donors (Lipinski definition) is 3. The topological polar surface area (TPSA) is 121 Å². The molecule has 1 aliphatic rings. The Morgan fingerprint density at radius 3 is 2.39 bits per heavy atom. The molecule has 0 radical (unpaired) electrons. The first-order valence-electron chi connectivity index (χ1n) is 7.30. The van der Waals surface area contributed by atoms with E-state index in [4.69, 9.17) is 4.55 Å². The molecule has 0 saturated heterocycles. The van der Waals surface area contributed by atoms with Crippen molar-refractivity contribution < 1.29 is 27.7 Å². The van der Waals surface area contributed by atoms with Crippen molar-refractivity contribution in [2.75, 3.05) is 0 Å². The van der Waals surface area contributed by atoms with E-state index in [1.807, 2.05) is 6.07 Å². The number of hydrogen-bond acceptors (Lipinski definition) is 4. The molecule has 3 N–H and O–H groups in total. The Morgan fingerprint density at radius 1 is 1.22 bits per heavy atom. The molecule has 0 heterocycles. The maximum absolute atomic E-state index is 12.2. The molecule has 0 aliphatic heterocycles. The molecule has 1 amide bonds. The fraction of sp³-hybridized carbons (Fsp3) is 0.467. The highest BCUT2D eigenvalue weighted by Gasteiger charge is 2.37. The number of rotatable bonds is 6. The van der Waals surface area contributed by atoms with Crippen molar-refractivity contribution in [1.82, 2.24) is 5.32 Å². The second-order valence-electron chi connectivity index (χ2n) is 5.74. The summed E-state index contributed by atoms with van der Waals surface area (Å²) < 4.78 is 31.2. The summed E-state index contributed by atoms with van der Waals surface area (Å²) >= 11 is 0. The van der Waals surface area contributed by atoms with Crippen LogP contribution in [0.2, 0.25) is 0 Å². The molecule has 1 fully saturated rings. The number of amides is 1. The summed E-state index contributed by atoms with van der Waals surface area (Å²) in [5.74, 6) is -2.23. The third kappa shape index (κ3) is 4.77. The minimum Gasteiger partial charge on any atom is -0.480 e. The summed E-state index contributed by atoms with van der Waals surface area (Å²) in [5.41, 5.74) is 0.780. The van der Waals surface area contributed by atoms with Crippen LogP contribution < -0.4 is 5.32 Å². The number of carboxylic acid groups (broad SMARTS) is 1. The number of benzene rings is 1. The number of aliphatic carboxylic acids is 1. The molecule has 126 valence electrons. The van der Waals surface area contributed by atoms with Gasteiger partial charge in [0.15, 0.2) is 0 Å². The van der Waals surface area contributed by atoms with Crippen LogP contribution in [0.15, 0.2) is 30.3 Å². The molecule has 1 aromatic carbocycles. The first-order chi connectivity index (χ1) is 10.8. The predicted molar refractivity (Wildman–Crippen MR) is 82.4 cm³/mol. The average Bonchev–Trinajstić information content (AvgIpc) is 2.97. The van der Waals surface area contributed by atoms with E-state index >= 15 is 0 Å². The Bertz CT molecular complexity index is 672. The van der Waals surface area contributed by atoms with E-state index in [9.17, 15) is 23.1 Å². The van der Waals surface area contributed by atoms with Crippen molar-refractivity contribution in [2.45, 2.75) is 37.0 Å². The van der Waals surface area contributed by atoms with Crippen LogP contribution >= 0.6 is 0 Å². The molecule has 1 aliphatic carbocycles. The van der Waals surface area contributed by atoms with Crippen molar-refractivity contribution in [2.24, 2.45) is 5.92 Å². The summed E-state index contributed by atoms with van der Waals surface area (Å²) in [5, 5.41) is 10.8. The van der Waals surface area contributed by atoms with Crippen LogP contribution in [0.25, 0.3) is 0 Å². The molecule has 1 aromatic rings. The van der Waals surface area contributed by atoms with Gasteiger partial charge in [-0.1, -0.05) is 30.3 Å². The lowest BCUT2D eigenvalue weighted by molar-refractivity contribution is -0.142. The fourth-order valence-electron chi connectivity index (χ4n) is 2.79. The lowest BCUT2D eigenvalue weighted by Crippen LogP contribution is -2.44. The molecule has 3 atom stereocenters. The third-order valence-corrected chi connectivity index (χ3v) is 5.34. The smallest absolute Gasteiger partial charge is 0.326 e. The average molecular weight is 341 g/mol. The minimum atomic E-state index is -4.16. The first kappa shape index (κ1) is 17.4. The number of carbonyl (C=O) groups excluding carboxylic acids is 1. The van der Waals surface area contributed by atoms with Gasteiger partial charge in [0.2, 0.25) is 5.91 Å². The van der Waals surface area contributed by atoms with Crippen molar-refractivity contribution in [3.8, 4) is 0 Å². The molecule has 0 bridgehead atoms. The molecular weight excluding hydrogens is 322 g/mol. The van der Waals surface area contributed by atoms with E-state index in [0.717, 1.165) is 5.56 Å². The largest absolute Gasteiger partial charge is 0.480 e. The van der Waals surface area contributed by atoms with Gasteiger partial charge in [-0.15, -0.1) is 0 Å². The van der Waals surface area contributed by atoms with Crippen LogP contribution in [0.3, 0.4) is 0 Å². The monoisotopic (exact) mass is 341 g/mol. The van der Waals surface area contributed by atoms with Gasteiger partial charge in [-0.25, -0.2) is 4.79 Å². The molecule has 0 spiro atoms. The van der Waals surface area contributed by atoms with Gasteiger partial charge < -0.3 is 10.4 Å². The Morgan fingerprint density at radius 2 is 1.87 bits per heavy atom. The summed E-state index contributed by atoms with van der Waals surface area (Å²) in [7, 11) is -4.16. The second-order valence-corrected chi connectivity index (χ2v) is 7.43. The maximum Gasteiger partial charge on any atom is 0.326 e. The highest BCUT2D eigenvalue weighted by atomic mass is 32.2. The van der Waals surface area contributed by atoms with E-state index in [0.29, 0.717) is 6.42 Å². The minimum absolute atomic E-state index is 0.0162. The zero-order valence-electron chi connectivity index (χ0n) is 12.4. The molecule has 0 aromatic heterocycles. The lowest BCUT2D eigenvalue weighted by Gasteiger charge is -2.17. The van der Waals surface area contributed by atoms with Gasteiger partial charge in [0.25, 0.3) is 10.1 Å². The molecule has 2 rings (SSSR count). The van der Waals surface area contributed by atoms with Gasteiger partial charge in [-0.05, 0) is 24.8 Å². The highest BCUT2D eigenvalue weighted by molar-refractivity contribution is 7.86. The molecule has 8 heteroatoms. The van der Waals surface area contributed by atoms with Gasteiger partial charge in [-0.3, -0.25) is 9.35 Å². The second kappa shape index (κ2) is 7.10. The van der Waals surface area contributed by atoms with Crippen LogP contribution in [-0.4, -0.2) is 41.2 Å². The molecule has 23 heavy (non-hydrogen) atoms. The maximum atomic E-state index is 12.2. The quantitative estimate of drug-likeness (QED) is 0.660. The van der Waals surface area contributed by atoms with E-state index < -0.39 is 39.2 Å². The number of carboxylic acids is 1. The zero-order chi connectivity index (χ0) is 17.0. The van der Waals surface area contributed by atoms with Gasteiger partial charge in [0, 0.05) is 12.3 Å². The third-order valence-electron chi connectivity index (χ3n) is 4.07. The van der Waals surface area contributed by atoms with Crippen LogP contribution in [0.5, 0.6) is 0 Å². The van der Waals surface area contributed by atoms with E-state index in [-0.39, 0.29) is 19.3 Å². The van der Waals surface area contributed by atoms with E-state index in [1.54, 1.807) is 24.3 Å². The van der Waals surface area contributed by atoms with Crippen LogP contribution in [0.4, 0.5) is 0 Å². The summed E-state index contributed by atoms with van der Waals surface area (Å²) in [6, 6.07) is 7.84. The van der Waals surface area contributed by atoms with Crippen LogP contribution in [0, 0.1) is 5.92 Å². The normalized spacial score (nSPS) is 22.5. The van der Waals surface area contributed by atoms with Crippen LogP contribution in [0.1, 0.15) is 24.8 Å². The van der Waals surface area contributed by atoms with Gasteiger partial charge in [0.05, 0.1) is 5.25 Å². The van der Waals surface area contributed by atoms with Gasteiger partial charge >= 0.3 is 5.97 Å². The summed E-state index contributed by atoms with van der Waals surface area (Å²) in [6.45, 7) is 0. The fourth-order valence-corrected chi connectivity index (χ4v) is 3.70. The lowest BCUT2D eigenvalue weighted by atomic mass is 10.0. The van der Waals surface area contributed by atoms with Gasteiger partial charge in [-0.2, -0.15) is 8.42 Å². The van der Waals surface area contributed by atoms with Crippen molar-refractivity contribution >= 4 is 22.0 Å². The predicted octanol–water partition coefficient (Wildman–Crippen LogP) is 0.855. The number of carbonyl (C=O) groups is 2. The van der Waals surface area contributed by atoms with Crippen molar-refractivity contribution in [1.29, 1.82) is 0 Å². The Kier molecular flexibility index (Phi) is 5.38. The number of nitrogens with one attached hydrogen (secondary N) is 1. The molecule has 7 nitrogen and oxygen atoms in total. The molecule has 0 unspecified atom stereocenters.